The van der Waals surface area contributed by atoms with E-state index in [4.69, 9.17) is 10.5 Å². The summed E-state index contributed by atoms with van der Waals surface area (Å²) < 4.78 is 5.17. The summed E-state index contributed by atoms with van der Waals surface area (Å²) in [5.41, 5.74) is 5.65. The zero-order valence-corrected chi connectivity index (χ0v) is 7.75. The fraction of sp³-hybridized carbons (Fsp3) is 0.444. The average molecular weight is 182 g/mol. The van der Waals surface area contributed by atoms with Crippen LogP contribution < -0.4 is 5.73 Å². The zero-order valence-electron chi connectivity index (χ0n) is 7.75. The van der Waals surface area contributed by atoms with Gasteiger partial charge in [-0.1, -0.05) is 6.58 Å². The lowest BCUT2D eigenvalue weighted by atomic mass is 10.3. The fourth-order valence-corrected chi connectivity index (χ4v) is 1.11. The van der Waals surface area contributed by atoms with E-state index in [9.17, 15) is 4.79 Å². The summed E-state index contributed by atoms with van der Waals surface area (Å²) in [6.07, 6.45) is 1.75. The first kappa shape index (κ1) is 9.64. The van der Waals surface area contributed by atoms with Gasteiger partial charge in [0.1, 0.15) is 12.4 Å². The summed E-state index contributed by atoms with van der Waals surface area (Å²) >= 11 is 0. The van der Waals surface area contributed by atoms with Crippen LogP contribution in [0.1, 0.15) is 6.92 Å². The zero-order chi connectivity index (χ0) is 9.84. The normalized spacial score (nSPS) is 18.4. The first-order chi connectivity index (χ1) is 6.09. The van der Waals surface area contributed by atoms with Crippen LogP contribution in [-0.2, 0) is 9.53 Å². The number of carbonyl (C=O) groups excluding carboxylic acids is 1. The van der Waals surface area contributed by atoms with E-state index >= 15 is 0 Å². The highest BCUT2D eigenvalue weighted by atomic mass is 16.5. The molecule has 0 atom stereocenters. The van der Waals surface area contributed by atoms with Crippen molar-refractivity contribution in [3.8, 4) is 0 Å². The molecule has 0 radical (unpaired) electrons. The Morgan fingerprint density at radius 2 is 2.46 bits per heavy atom. The molecule has 0 aromatic carbocycles. The highest BCUT2D eigenvalue weighted by Crippen LogP contribution is 2.07. The van der Waals surface area contributed by atoms with E-state index < -0.39 is 5.91 Å². The van der Waals surface area contributed by atoms with E-state index in [1.165, 1.54) is 0 Å². The number of morpholine rings is 1. The first-order valence-corrected chi connectivity index (χ1v) is 4.12. The molecule has 1 saturated heterocycles. The molecule has 0 aliphatic carbocycles. The number of hydrogen-bond donors (Lipinski definition) is 1. The van der Waals surface area contributed by atoms with Gasteiger partial charge in [-0.2, -0.15) is 0 Å². The van der Waals surface area contributed by atoms with Crippen LogP contribution in [0.25, 0.3) is 0 Å². The maximum absolute atomic E-state index is 10.7. The Hall–Kier alpha value is -1.45. The highest BCUT2D eigenvalue weighted by molar-refractivity contribution is 5.91. The van der Waals surface area contributed by atoms with Gasteiger partial charge in [0.05, 0.1) is 13.1 Å². The molecule has 4 nitrogen and oxygen atoms in total. The van der Waals surface area contributed by atoms with Gasteiger partial charge in [0.25, 0.3) is 0 Å². The van der Waals surface area contributed by atoms with Crippen molar-refractivity contribution in [2.45, 2.75) is 6.92 Å². The summed E-state index contributed by atoms with van der Waals surface area (Å²) in [5, 5.41) is 0. The molecule has 2 N–H and O–H groups in total. The highest BCUT2D eigenvalue weighted by Gasteiger charge is 2.11. The second-order valence-electron chi connectivity index (χ2n) is 3.03. The molecule has 0 aromatic heterocycles. The molecule has 1 rings (SSSR count). The molecular formula is C9H14N2O2. The molecule has 1 aliphatic rings. The SMILES string of the molecule is C=C1CN(/C=C(\C)C(N)=O)CCO1. The van der Waals surface area contributed by atoms with Crippen molar-refractivity contribution in [3.05, 3.63) is 24.1 Å². The van der Waals surface area contributed by atoms with Crippen LogP contribution in [0.2, 0.25) is 0 Å². The van der Waals surface area contributed by atoms with E-state index in [1.807, 2.05) is 4.90 Å². The van der Waals surface area contributed by atoms with Gasteiger partial charge in [0.2, 0.25) is 5.91 Å². The van der Waals surface area contributed by atoms with Crippen LogP contribution in [0.15, 0.2) is 24.1 Å². The minimum absolute atomic E-state index is 0.392. The van der Waals surface area contributed by atoms with Crippen LogP contribution in [-0.4, -0.2) is 30.5 Å². The second kappa shape index (κ2) is 3.98. The predicted molar refractivity (Wildman–Crippen MR) is 49.6 cm³/mol. The summed E-state index contributed by atoms with van der Waals surface area (Å²) in [4.78, 5) is 12.7. The number of ether oxygens (including phenoxy) is 1. The van der Waals surface area contributed by atoms with Crippen LogP contribution in [0.5, 0.6) is 0 Å². The van der Waals surface area contributed by atoms with Crippen LogP contribution in [0.4, 0.5) is 0 Å². The molecule has 1 heterocycles. The van der Waals surface area contributed by atoms with Crippen molar-refractivity contribution in [2.24, 2.45) is 5.73 Å². The number of primary amides is 1. The van der Waals surface area contributed by atoms with Crippen LogP contribution in [0.3, 0.4) is 0 Å². The maximum Gasteiger partial charge on any atom is 0.245 e. The summed E-state index contributed by atoms with van der Waals surface area (Å²) in [6, 6.07) is 0. The monoisotopic (exact) mass is 182 g/mol. The average Bonchev–Trinajstić information content (AvgIpc) is 2.04. The second-order valence-corrected chi connectivity index (χ2v) is 3.03. The van der Waals surface area contributed by atoms with Crippen molar-refractivity contribution >= 4 is 5.91 Å². The number of nitrogens with two attached hydrogens (primary N) is 1. The number of nitrogens with zero attached hydrogens (tertiary/aromatic N) is 1. The Morgan fingerprint density at radius 1 is 1.77 bits per heavy atom. The van der Waals surface area contributed by atoms with Gasteiger partial charge >= 0.3 is 0 Å². The molecule has 72 valence electrons. The van der Waals surface area contributed by atoms with E-state index in [-0.39, 0.29) is 0 Å². The van der Waals surface area contributed by atoms with E-state index in [0.29, 0.717) is 18.7 Å². The van der Waals surface area contributed by atoms with Gasteiger partial charge in [0, 0.05) is 11.8 Å². The summed E-state index contributed by atoms with van der Waals surface area (Å²) in [7, 11) is 0. The van der Waals surface area contributed by atoms with Crippen LogP contribution in [0, 0.1) is 0 Å². The Kier molecular flexibility index (Phi) is 2.95. The molecule has 0 aromatic rings. The molecule has 1 aliphatic heterocycles. The van der Waals surface area contributed by atoms with Crippen molar-refractivity contribution in [2.75, 3.05) is 19.7 Å². The van der Waals surface area contributed by atoms with Gasteiger partial charge in [-0.25, -0.2) is 0 Å². The molecule has 1 amide bonds. The third-order valence-corrected chi connectivity index (χ3v) is 1.83. The number of carbonyl (C=O) groups is 1. The van der Waals surface area contributed by atoms with Crippen molar-refractivity contribution < 1.29 is 9.53 Å². The van der Waals surface area contributed by atoms with Crippen molar-refractivity contribution in [1.82, 2.24) is 4.90 Å². The molecule has 4 heteroatoms. The van der Waals surface area contributed by atoms with Crippen molar-refractivity contribution in [3.63, 3.8) is 0 Å². The minimum atomic E-state index is -0.392. The third-order valence-electron chi connectivity index (χ3n) is 1.83. The summed E-state index contributed by atoms with van der Waals surface area (Å²) in [5.74, 6) is 0.330. The summed E-state index contributed by atoms with van der Waals surface area (Å²) in [6.45, 7) is 7.41. The smallest absolute Gasteiger partial charge is 0.245 e. The Labute approximate surface area is 77.6 Å². The Balaban J connectivity index is 2.57. The fourth-order valence-electron chi connectivity index (χ4n) is 1.11. The van der Waals surface area contributed by atoms with Crippen molar-refractivity contribution in [1.29, 1.82) is 0 Å². The molecule has 13 heavy (non-hydrogen) atoms. The lowest BCUT2D eigenvalue weighted by Gasteiger charge is -2.27. The molecule has 0 saturated carbocycles. The van der Waals surface area contributed by atoms with Crippen LogP contribution >= 0.6 is 0 Å². The number of amides is 1. The minimum Gasteiger partial charge on any atom is -0.495 e. The van der Waals surface area contributed by atoms with E-state index in [2.05, 4.69) is 6.58 Å². The topological polar surface area (TPSA) is 55.6 Å². The largest absolute Gasteiger partial charge is 0.495 e. The quantitative estimate of drug-likeness (QED) is 0.621. The number of rotatable bonds is 2. The molecular weight excluding hydrogens is 168 g/mol. The molecule has 0 unspecified atom stereocenters. The molecule has 1 fully saturated rings. The third kappa shape index (κ3) is 2.82. The molecule has 0 bridgehead atoms. The first-order valence-electron chi connectivity index (χ1n) is 4.12. The predicted octanol–water partition coefficient (Wildman–Crippen LogP) is 0.221. The van der Waals surface area contributed by atoms with Gasteiger partial charge in [-0.15, -0.1) is 0 Å². The van der Waals surface area contributed by atoms with Gasteiger partial charge in [0.15, 0.2) is 0 Å². The molecule has 0 spiro atoms. The lowest BCUT2D eigenvalue weighted by molar-refractivity contribution is -0.114. The standard InChI is InChI=1S/C9H14N2O2/c1-7(9(10)12)5-11-3-4-13-8(2)6-11/h5H,2-4,6H2,1H3,(H2,10,12)/b7-5+. The van der Waals surface area contributed by atoms with Gasteiger partial charge in [-0.3, -0.25) is 4.79 Å². The lowest BCUT2D eigenvalue weighted by Crippen LogP contribution is -2.31. The number of hydrogen-bond acceptors (Lipinski definition) is 3. The van der Waals surface area contributed by atoms with E-state index in [1.54, 1.807) is 13.1 Å². The Morgan fingerprint density at radius 3 is 3.00 bits per heavy atom. The maximum atomic E-state index is 10.7. The Bertz CT molecular complexity index is 258. The van der Waals surface area contributed by atoms with E-state index in [0.717, 1.165) is 12.3 Å². The van der Waals surface area contributed by atoms with Gasteiger partial charge < -0.3 is 15.4 Å². The van der Waals surface area contributed by atoms with Gasteiger partial charge in [-0.05, 0) is 6.92 Å².